The molecule has 0 spiro atoms. The van der Waals surface area contributed by atoms with Gasteiger partial charge in [0.2, 0.25) is 0 Å². The number of likely N-dealkylation sites (tertiary alicyclic amines) is 1. The smallest absolute Gasteiger partial charge is 0.420 e. The van der Waals surface area contributed by atoms with E-state index in [1.165, 1.54) is 4.90 Å². The molecule has 1 N–H and O–H groups in total. The molecule has 138 valence electrons. The standard InChI is InChI=1S/C16H28N2O6/c1-15(2,3)23-13(21)18(14(22)24-16(4,5)6)11-7-9-17(10-8-11)12(19)20/h11H,7-10H2,1-6H3,(H,19,20). The molecule has 0 aromatic heterocycles. The molecule has 0 unspecified atom stereocenters. The van der Waals surface area contributed by atoms with Gasteiger partial charge in [0.1, 0.15) is 11.2 Å². The summed E-state index contributed by atoms with van der Waals surface area (Å²) in [6.45, 7) is 10.8. The second-order valence-electron chi connectivity index (χ2n) is 7.83. The Morgan fingerprint density at radius 1 is 0.917 bits per heavy atom. The van der Waals surface area contributed by atoms with Crippen molar-refractivity contribution in [3.05, 3.63) is 0 Å². The summed E-state index contributed by atoms with van der Waals surface area (Å²) in [5.74, 6) is 0. The third-order valence-corrected chi connectivity index (χ3v) is 3.28. The molecule has 1 heterocycles. The van der Waals surface area contributed by atoms with Crippen molar-refractivity contribution in [3.63, 3.8) is 0 Å². The van der Waals surface area contributed by atoms with Crippen molar-refractivity contribution in [2.45, 2.75) is 71.6 Å². The highest BCUT2D eigenvalue weighted by molar-refractivity contribution is 5.88. The number of imide groups is 1. The molecule has 0 aromatic rings. The van der Waals surface area contributed by atoms with Gasteiger partial charge in [-0.2, -0.15) is 0 Å². The van der Waals surface area contributed by atoms with Gasteiger partial charge < -0.3 is 19.5 Å². The molecular formula is C16H28N2O6. The van der Waals surface area contributed by atoms with Crippen LogP contribution in [0.1, 0.15) is 54.4 Å². The average molecular weight is 344 g/mol. The number of piperidine rings is 1. The topological polar surface area (TPSA) is 96.4 Å². The van der Waals surface area contributed by atoms with Crippen molar-refractivity contribution < 1.29 is 29.0 Å². The van der Waals surface area contributed by atoms with Crippen LogP contribution in [0.25, 0.3) is 0 Å². The number of carbonyl (C=O) groups excluding carboxylic acids is 2. The van der Waals surface area contributed by atoms with Crippen LogP contribution in [0, 0.1) is 0 Å². The highest BCUT2D eigenvalue weighted by atomic mass is 16.6. The van der Waals surface area contributed by atoms with E-state index in [0.717, 1.165) is 4.90 Å². The van der Waals surface area contributed by atoms with Crippen LogP contribution in [0.5, 0.6) is 0 Å². The lowest BCUT2D eigenvalue weighted by Gasteiger charge is -2.37. The number of hydrogen-bond acceptors (Lipinski definition) is 5. The van der Waals surface area contributed by atoms with Crippen LogP contribution in [0.2, 0.25) is 0 Å². The van der Waals surface area contributed by atoms with Crippen molar-refractivity contribution in [2.75, 3.05) is 13.1 Å². The SMILES string of the molecule is CC(C)(C)OC(=O)N(C(=O)OC(C)(C)C)C1CCN(C(=O)O)CC1. The van der Waals surface area contributed by atoms with E-state index in [9.17, 15) is 14.4 Å². The molecule has 1 fully saturated rings. The summed E-state index contributed by atoms with van der Waals surface area (Å²) < 4.78 is 10.6. The molecule has 0 saturated carbocycles. The largest absolute Gasteiger partial charge is 0.465 e. The van der Waals surface area contributed by atoms with Crippen LogP contribution in [0.3, 0.4) is 0 Å². The predicted octanol–water partition coefficient (Wildman–Crippen LogP) is 3.30. The Balaban J connectivity index is 2.91. The zero-order chi connectivity index (χ0) is 18.7. The quantitative estimate of drug-likeness (QED) is 0.784. The van der Waals surface area contributed by atoms with E-state index in [0.29, 0.717) is 12.8 Å². The van der Waals surface area contributed by atoms with Crippen molar-refractivity contribution in [2.24, 2.45) is 0 Å². The fourth-order valence-electron chi connectivity index (χ4n) is 2.31. The Bertz CT molecular complexity index is 456. The fraction of sp³-hybridized carbons (Fsp3) is 0.812. The summed E-state index contributed by atoms with van der Waals surface area (Å²) in [6.07, 6.45) is -1.85. The maximum atomic E-state index is 12.5. The van der Waals surface area contributed by atoms with Gasteiger partial charge in [0.25, 0.3) is 0 Å². The number of carbonyl (C=O) groups is 3. The zero-order valence-corrected chi connectivity index (χ0v) is 15.3. The van der Waals surface area contributed by atoms with E-state index in [-0.39, 0.29) is 13.1 Å². The molecular weight excluding hydrogens is 316 g/mol. The Kier molecular flexibility index (Phi) is 6.08. The molecule has 24 heavy (non-hydrogen) atoms. The average Bonchev–Trinajstić information content (AvgIpc) is 2.34. The van der Waals surface area contributed by atoms with Gasteiger partial charge in [-0.25, -0.2) is 19.3 Å². The van der Waals surface area contributed by atoms with Gasteiger partial charge in [0.05, 0.1) is 0 Å². The van der Waals surface area contributed by atoms with Crippen LogP contribution in [0.15, 0.2) is 0 Å². The van der Waals surface area contributed by atoms with Crippen LogP contribution < -0.4 is 0 Å². The molecule has 0 aliphatic carbocycles. The Morgan fingerprint density at radius 2 is 1.29 bits per heavy atom. The minimum absolute atomic E-state index is 0.252. The number of carboxylic acid groups (broad SMARTS) is 1. The molecule has 3 amide bonds. The third kappa shape index (κ3) is 6.25. The van der Waals surface area contributed by atoms with E-state index in [2.05, 4.69) is 0 Å². The van der Waals surface area contributed by atoms with Gasteiger partial charge in [-0.05, 0) is 54.4 Å². The van der Waals surface area contributed by atoms with Gasteiger partial charge in [-0.3, -0.25) is 0 Å². The molecule has 0 aromatic carbocycles. The lowest BCUT2D eigenvalue weighted by atomic mass is 10.0. The Hall–Kier alpha value is -1.99. The fourth-order valence-corrected chi connectivity index (χ4v) is 2.31. The van der Waals surface area contributed by atoms with Crippen LogP contribution in [-0.2, 0) is 9.47 Å². The highest BCUT2D eigenvalue weighted by Crippen LogP contribution is 2.22. The van der Waals surface area contributed by atoms with Crippen molar-refractivity contribution in [3.8, 4) is 0 Å². The Labute approximate surface area is 142 Å². The number of rotatable bonds is 1. The van der Waals surface area contributed by atoms with E-state index in [1.807, 2.05) is 0 Å². The molecule has 1 saturated heterocycles. The first-order valence-corrected chi connectivity index (χ1v) is 8.03. The summed E-state index contributed by atoms with van der Waals surface area (Å²) in [5.41, 5.74) is -1.50. The van der Waals surface area contributed by atoms with Crippen LogP contribution >= 0.6 is 0 Å². The van der Waals surface area contributed by atoms with Crippen molar-refractivity contribution in [1.82, 2.24) is 9.80 Å². The normalized spacial score (nSPS) is 16.5. The third-order valence-electron chi connectivity index (χ3n) is 3.28. The molecule has 1 aliphatic heterocycles. The molecule has 8 nitrogen and oxygen atoms in total. The molecule has 0 atom stereocenters. The van der Waals surface area contributed by atoms with Gasteiger partial charge in [-0.1, -0.05) is 0 Å². The molecule has 0 bridgehead atoms. The summed E-state index contributed by atoms with van der Waals surface area (Å²) in [4.78, 5) is 38.2. The maximum Gasteiger partial charge on any atom is 0.420 e. The van der Waals surface area contributed by atoms with Gasteiger partial charge in [0.15, 0.2) is 0 Å². The lowest BCUT2D eigenvalue weighted by molar-refractivity contribution is -0.0127. The number of amides is 3. The minimum atomic E-state index is -1.01. The molecule has 8 heteroatoms. The zero-order valence-electron chi connectivity index (χ0n) is 15.3. The first-order valence-electron chi connectivity index (χ1n) is 8.03. The second-order valence-corrected chi connectivity index (χ2v) is 7.83. The van der Waals surface area contributed by atoms with E-state index < -0.39 is 35.5 Å². The van der Waals surface area contributed by atoms with Crippen molar-refractivity contribution >= 4 is 18.3 Å². The number of hydrogen-bond donors (Lipinski definition) is 1. The summed E-state index contributed by atoms with van der Waals surface area (Å²) in [7, 11) is 0. The van der Waals surface area contributed by atoms with Crippen LogP contribution in [0.4, 0.5) is 14.4 Å². The minimum Gasteiger partial charge on any atom is -0.465 e. The Morgan fingerprint density at radius 3 is 1.58 bits per heavy atom. The van der Waals surface area contributed by atoms with Gasteiger partial charge >= 0.3 is 18.3 Å². The first kappa shape index (κ1) is 20.1. The lowest BCUT2D eigenvalue weighted by Crippen LogP contribution is -2.53. The van der Waals surface area contributed by atoms with E-state index >= 15 is 0 Å². The monoisotopic (exact) mass is 344 g/mol. The summed E-state index contributed by atoms with van der Waals surface area (Å²) in [6, 6.07) is -0.453. The van der Waals surface area contributed by atoms with Crippen LogP contribution in [-0.4, -0.2) is 63.5 Å². The van der Waals surface area contributed by atoms with E-state index in [4.69, 9.17) is 14.6 Å². The predicted molar refractivity (Wildman–Crippen MR) is 86.9 cm³/mol. The first-order chi connectivity index (χ1) is 10.8. The second kappa shape index (κ2) is 7.27. The van der Waals surface area contributed by atoms with Gasteiger partial charge in [0, 0.05) is 19.1 Å². The van der Waals surface area contributed by atoms with Gasteiger partial charge in [-0.15, -0.1) is 0 Å². The molecule has 0 radical (unpaired) electrons. The van der Waals surface area contributed by atoms with E-state index in [1.54, 1.807) is 41.5 Å². The number of ether oxygens (including phenoxy) is 2. The number of nitrogens with zero attached hydrogens (tertiary/aromatic N) is 2. The molecule has 1 rings (SSSR count). The maximum absolute atomic E-state index is 12.5. The highest BCUT2D eigenvalue weighted by Gasteiger charge is 2.38. The summed E-state index contributed by atoms with van der Waals surface area (Å²) in [5, 5.41) is 9.02. The van der Waals surface area contributed by atoms with Crippen molar-refractivity contribution in [1.29, 1.82) is 0 Å². The summed E-state index contributed by atoms with van der Waals surface area (Å²) >= 11 is 0. The molecule has 1 aliphatic rings.